The Morgan fingerprint density at radius 2 is 1.86 bits per heavy atom. The molecule has 110 valence electrons. The Kier molecular flexibility index (Phi) is 4.53. The fourth-order valence-electron chi connectivity index (χ4n) is 2.07. The zero-order chi connectivity index (χ0) is 15.6. The summed E-state index contributed by atoms with van der Waals surface area (Å²) in [5.74, 6) is 1.31. The van der Waals surface area contributed by atoms with E-state index in [0.717, 1.165) is 26.9 Å². The van der Waals surface area contributed by atoms with Crippen molar-refractivity contribution in [2.75, 3.05) is 0 Å². The van der Waals surface area contributed by atoms with Crippen LogP contribution in [-0.4, -0.2) is 11.0 Å². The summed E-state index contributed by atoms with van der Waals surface area (Å²) in [5.41, 5.74) is 9.58. The molecule has 0 amide bonds. The van der Waals surface area contributed by atoms with Gasteiger partial charge in [-0.25, -0.2) is 0 Å². The minimum atomic E-state index is 0.0135. The Bertz CT molecular complexity index is 712. The average Bonchev–Trinajstić information content (AvgIpc) is 2.43. The van der Waals surface area contributed by atoms with Gasteiger partial charge in [-0.1, -0.05) is 27.2 Å². The van der Waals surface area contributed by atoms with Crippen LogP contribution in [0.15, 0.2) is 40.0 Å². The third kappa shape index (κ3) is 3.36. The summed E-state index contributed by atoms with van der Waals surface area (Å²) in [6, 6.07) is 9.43. The first kappa shape index (κ1) is 15.4. The fraction of sp³-hybridized carbons (Fsp3) is 0.188. The highest BCUT2D eigenvalue weighted by Gasteiger charge is 2.12. The highest BCUT2D eigenvalue weighted by Crippen LogP contribution is 2.32. The van der Waals surface area contributed by atoms with Crippen molar-refractivity contribution in [2.24, 2.45) is 10.9 Å². The van der Waals surface area contributed by atoms with Crippen molar-refractivity contribution in [1.82, 2.24) is 0 Å². The van der Waals surface area contributed by atoms with Gasteiger partial charge < -0.3 is 15.7 Å². The lowest BCUT2D eigenvalue weighted by atomic mass is 10.1. The third-order valence-corrected chi connectivity index (χ3v) is 3.80. The maximum absolute atomic E-state index is 8.89. The van der Waals surface area contributed by atoms with Crippen molar-refractivity contribution >= 4 is 21.8 Å². The van der Waals surface area contributed by atoms with Gasteiger partial charge in [-0.05, 0) is 61.7 Å². The third-order valence-electron chi connectivity index (χ3n) is 3.31. The fourth-order valence-corrected chi connectivity index (χ4v) is 2.41. The first-order chi connectivity index (χ1) is 9.92. The van der Waals surface area contributed by atoms with E-state index < -0.39 is 0 Å². The molecule has 0 aliphatic rings. The van der Waals surface area contributed by atoms with Crippen LogP contribution in [0.1, 0.15) is 22.3 Å². The van der Waals surface area contributed by atoms with Crippen LogP contribution in [0.5, 0.6) is 11.5 Å². The number of hydrogen-bond acceptors (Lipinski definition) is 3. The summed E-state index contributed by atoms with van der Waals surface area (Å²) in [7, 11) is 0. The maximum atomic E-state index is 8.89. The van der Waals surface area contributed by atoms with Crippen LogP contribution >= 0.6 is 15.9 Å². The molecule has 2 aromatic carbocycles. The predicted molar refractivity (Wildman–Crippen MR) is 87.4 cm³/mol. The molecule has 2 aromatic rings. The van der Waals surface area contributed by atoms with Crippen molar-refractivity contribution < 1.29 is 9.94 Å². The summed E-state index contributed by atoms with van der Waals surface area (Å²) < 4.78 is 6.86. The standard InChI is InChI=1S/C16H17BrN2O2/c1-9-6-10(2)11(3)14(7-9)21-15-8-12(17)4-5-13(15)16(18)19-20/h4-8,20H,1-3H3,(H2,18,19). The normalized spacial score (nSPS) is 11.5. The molecule has 0 bridgehead atoms. The molecule has 0 heterocycles. The molecule has 0 aromatic heterocycles. The van der Waals surface area contributed by atoms with E-state index in [-0.39, 0.29) is 5.84 Å². The van der Waals surface area contributed by atoms with Crippen LogP contribution in [0.3, 0.4) is 0 Å². The molecule has 5 heteroatoms. The van der Waals surface area contributed by atoms with E-state index in [0.29, 0.717) is 11.3 Å². The molecular weight excluding hydrogens is 332 g/mol. The number of halogens is 1. The lowest BCUT2D eigenvalue weighted by Crippen LogP contribution is -2.14. The molecule has 0 fully saturated rings. The minimum absolute atomic E-state index is 0.0135. The highest BCUT2D eigenvalue weighted by molar-refractivity contribution is 9.10. The van der Waals surface area contributed by atoms with E-state index in [9.17, 15) is 0 Å². The number of aryl methyl sites for hydroxylation is 2. The topological polar surface area (TPSA) is 67.8 Å². The maximum Gasteiger partial charge on any atom is 0.173 e. The van der Waals surface area contributed by atoms with Gasteiger partial charge in [0, 0.05) is 4.47 Å². The van der Waals surface area contributed by atoms with Gasteiger partial charge in [0.25, 0.3) is 0 Å². The Labute approximate surface area is 132 Å². The SMILES string of the molecule is Cc1cc(C)c(C)c(Oc2cc(Br)ccc2/C(N)=N/O)c1. The van der Waals surface area contributed by atoms with Crippen molar-refractivity contribution in [3.8, 4) is 11.5 Å². The Hall–Kier alpha value is -2.01. The van der Waals surface area contributed by atoms with E-state index in [1.165, 1.54) is 0 Å². The Morgan fingerprint density at radius 3 is 2.52 bits per heavy atom. The van der Waals surface area contributed by atoms with E-state index in [2.05, 4.69) is 27.2 Å². The van der Waals surface area contributed by atoms with Gasteiger partial charge in [0.1, 0.15) is 11.5 Å². The van der Waals surface area contributed by atoms with Crippen molar-refractivity contribution in [3.05, 3.63) is 57.1 Å². The summed E-state index contributed by atoms with van der Waals surface area (Å²) in [5, 5.41) is 11.9. The molecule has 0 aliphatic heterocycles. The zero-order valence-corrected chi connectivity index (χ0v) is 13.7. The Balaban J connectivity index is 2.51. The number of nitrogens with two attached hydrogens (primary N) is 1. The largest absolute Gasteiger partial charge is 0.456 e. The summed E-state index contributed by atoms with van der Waals surface area (Å²) >= 11 is 3.40. The van der Waals surface area contributed by atoms with Crippen LogP contribution in [0, 0.1) is 20.8 Å². The molecule has 0 unspecified atom stereocenters. The molecule has 0 aliphatic carbocycles. The quantitative estimate of drug-likeness (QED) is 0.377. The molecule has 4 nitrogen and oxygen atoms in total. The van der Waals surface area contributed by atoms with E-state index in [4.69, 9.17) is 15.7 Å². The van der Waals surface area contributed by atoms with Crippen LogP contribution in [0.4, 0.5) is 0 Å². The van der Waals surface area contributed by atoms with Gasteiger partial charge in [0.2, 0.25) is 0 Å². The zero-order valence-electron chi connectivity index (χ0n) is 12.1. The monoisotopic (exact) mass is 348 g/mol. The van der Waals surface area contributed by atoms with Crippen LogP contribution in [0.25, 0.3) is 0 Å². The molecule has 0 radical (unpaired) electrons. The summed E-state index contributed by atoms with van der Waals surface area (Å²) in [6.07, 6.45) is 0. The molecule has 2 rings (SSSR count). The predicted octanol–water partition coefficient (Wildman–Crippen LogP) is 4.26. The lowest BCUT2D eigenvalue weighted by molar-refractivity contribution is 0.318. The van der Waals surface area contributed by atoms with Crippen LogP contribution < -0.4 is 10.5 Å². The molecule has 0 saturated carbocycles. The van der Waals surface area contributed by atoms with Gasteiger partial charge in [-0.2, -0.15) is 0 Å². The van der Waals surface area contributed by atoms with E-state index >= 15 is 0 Å². The van der Waals surface area contributed by atoms with Gasteiger partial charge in [-0.15, -0.1) is 0 Å². The smallest absolute Gasteiger partial charge is 0.173 e. The number of ether oxygens (including phenoxy) is 1. The molecule has 0 saturated heterocycles. The lowest BCUT2D eigenvalue weighted by Gasteiger charge is -2.15. The first-order valence-electron chi connectivity index (χ1n) is 6.45. The van der Waals surface area contributed by atoms with Gasteiger partial charge >= 0.3 is 0 Å². The second-order valence-electron chi connectivity index (χ2n) is 4.93. The number of rotatable bonds is 3. The summed E-state index contributed by atoms with van der Waals surface area (Å²) in [6.45, 7) is 6.07. The summed E-state index contributed by atoms with van der Waals surface area (Å²) in [4.78, 5) is 0. The molecule has 3 N–H and O–H groups in total. The minimum Gasteiger partial charge on any atom is -0.456 e. The van der Waals surface area contributed by atoms with Crippen LogP contribution in [0.2, 0.25) is 0 Å². The van der Waals surface area contributed by atoms with Gasteiger partial charge in [-0.3, -0.25) is 0 Å². The number of amidine groups is 1. The molecule has 21 heavy (non-hydrogen) atoms. The average molecular weight is 349 g/mol. The number of oxime groups is 1. The highest BCUT2D eigenvalue weighted by atomic mass is 79.9. The number of benzene rings is 2. The van der Waals surface area contributed by atoms with Crippen molar-refractivity contribution in [1.29, 1.82) is 0 Å². The Morgan fingerprint density at radius 1 is 1.14 bits per heavy atom. The van der Waals surface area contributed by atoms with Crippen molar-refractivity contribution in [2.45, 2.75) is 20.8 Å². The van der Waals surface area contributed by atoms with Gasteiger partial charge in [0.15, 0.2) is 5.84 Å². The molecule has 0 spiro atoms. The van der Waals surface area contributed by atoms with Crippen molar-refractivity contribution in [3.63, 3.8) is 0 Å². The second kappa shape index (κ2) is 6.18. The molecular formula is C16H17BrN2O2. The molecule has 0 atom stereocenters. The number of nitrogens with zero attached hydrogens (tertiary/aromatic N) is 1. The first-order valence-corrected chi connectivity index (χ1v) is 7.25. The van der Waals surface area contributed by atoms with E-state index in [1.807, 2.05) is 32.9 Å². The van der Waals surface area contributed by atoms with E-state index in [1.54, 1.807) is 12.1 Å². The number of hydrogen-bond donors (Lipinski definition) is 2. The van der Waals surface area contributed by atoms with Gasteiger partial charge in [0.05, 0.1) is 5.56 Å². The second-order valence-corrected chi connectivity index (χ2v) is 5.85. The van der Waals surface area contributed by atoms with Crippen LogP contribution in [-0.2, 0) is 0 Å².